The Kier molecular flexibility index (Phi) is 7.46. The van der Waals surface area contributed by atoms with Gasteiger partial charge in [-0.3, -0.25) is 4.79 Å². The number of halogens is 5. The van der Waals surface area contributed by atoms with Crippen LogP contribution in [0.2, 0.25) is 0 Å². The average Bonchev–Trinajstić information content (AvgIpc) is 3.39. The van der Waals surface area contributed by atoms with Crippen molar-refractivity contribution in [1.29, 1.82) is 0 Å². The lowest BCUT2D eigenvalue weighted by Gasteiger charge is -2.43. The maximum Gasteiger partial charge on any atom is 0.426 e. The molecule has 0 amide bonds. The summed E-state index contributed by atoms with van der Waals surface area (Å²) in [7, 11) is -7.78. The van der Waals surface area contributed by atoms with Crippen LogP contribution in [0.4, 0.5) is 22.0 Å². The molecule has 2 aromatic rings. The molecular weight excluding hydrogens is 603 g/mol. The number of ketones is 1. The number of hydrogen-bond donors (Lipinski definition) is 1. The number of sulfone groups is 2. The van der Waals surface area contributed by atoms with Gasteiger partial charge in [0, 0.05) is 12.8 Å². The molecule has 2 aromatic carbocycles. The van der Waals surface area contributed by atoms with E-state index in [0.29, 0.717) is 6.92 Å². The van der Waals surface area contributed by atoms with E-state index in [1.807, 2.05) is 0 Å². The fourth-order valence-corrected chi connectivity index (χ4v) is 11.7. The Morgan fingerprint density at radius 2 is 1.71 bits per heavy atom. The lowest BCUT2D eigenvalue weighted by molar-refractivity contribution is -0.228. The summed E-state index contributed by atoms with van der Waals surface area (Å²) in [5, 5.41) is 10.7. The predicted molar refractivity (Wildman–Crippen MR) is 143 cm³/mol. The molecule has 0 bridgehead atoms. The molecule has 1 saturated carbocycles. The van der Waals surface area contributed by atoms with E-state index < -0.39 is 76.6 Å². The van der Waals surface area contributed by atoms with Crippen molar-refractivity contribution in [3.8, 4) is 0 Å². The van der Waals surface area contributed by atoms with Crippen LogP contribution in [0, 0.1) is 17.7 Å². The molecule has 0 radical (unpaired) electrons. The molecule has 2 unspecified atom stereocenters. The molecular formula is C29H31F5O6S2. The molecule has 13 heteroatoms. The molecule has 6 nitrogen and oxygen atoms in total. The van der Waals surface area contributed by atoms with Crippen LogP contribution in [0.3, 0.4) is 0 Å². The fraction of sp³-hybridized carbons (Fsp3) is 0.552. The Balaban J connectivity index is 1.54. The van der Waals surface area contributed by atoms with E-state index in [0.717, 1.165) is 36.4 Å². The van der Waals surface area contributed by atoms with Crippen molar-refractivity contribution in [2.45, 2.75) is 79.0 Å². The van der Waals surface area contributed by atoms with Crippen LogP contribution in [0.25, 0.3) is 0 Å². The van der Waals surface area contributed by atoms with Crippen molar-refractivity contribution < 1.29 is 48.7 Å². The summed E-state index contributed by atoms with van der Waals surface area (Å²) in [4.78, 5) is 12.9. The lowest BCUT2D eigenvalue weighted by Crippen LogP contribution is -2.45. The van der Waals surface area contributed by atoms with E-state index in [1.165, 1.54) is 6.07 Å². The van der Waals surface area contributed by atoms with Crippen LogP contribution in [-0.2, 0) is 41.3 Å². The number of fused-ring (bicyclic) bond motifs is 3. The minimum absolute atomic E-state index is 0.0203. The first-order valence-electron chi connectivity index (χ1n) is 13.7. The van der Waals surface area contributed by atoms with Gasteiger partial charge >= 0.3 is 6.18 Å². The van der Waals surface area contributed by atoms with Gasteiger partial charge in [-0.15, -0.1) is 0 Å². The highest BCUT2D eigenvalue weighted by atomic mass is 32.2. The third kappa shape index (κ3) is 5.08. The van der Waals surface area contributed by atoms with Gasteiger partial charge in [-0.1, -0.05) is 18.2 Å². The second kappa shape index (κ2) is 10.1. The van der Waals surface area contributed by atoms with Crippen LogP contribution in [0.1, 0.15) is 62.1 Å². The Labute approximate surface area is 241 Å². The Bertz CT molecular complexity index is 1620. The third-order valence-electron chi connectivity index (χ3n) is 9.40. The minimum atomic E-state index is -5.20. The zero-order chi connectivity index (χ0) is 30.9. The maximum absolute atomic E-state index is 14.9. The van der Waals surface area contributed by atoms with Gasteiger partial charge in [0.1, 0.15) is 16.3 Å². The van der Waals surface area contributed by atoms with E-state index in [1.54, 1.807) is 0 Å². The summed E-state index contributed by atoms with van der Waals surface area (Å²) in [5.74, 6) is -2.96. The first-order valence-corrected chi connectivity index (χ1v) is 17.0. The van der Waals surface area contributed by atoms with Crippen molar-refractivity contribution in [2.24, 2.45) is 11.8 Å². The Hall–Kier alpha value is -2.38. The highest BCUT2D eigenvalue weighted by Gasteiger charge is 2.61. The second-order valence-electron chi connectivity index (χ2n) is 12.1. The summed E-state index contributed by atoms with van der Waals surface area (Å²) >= 11 is 0. The standard InChI is InChI=1S/C29H31F5O6S2/c1-26(31,29(32,33)34)20-3-9-25-18(14-20)2-8-24-19(15-22(35)16-27(36)12-13-41(37,38)17-27)10-11-28(24,25)42(39,40)23-6-4-21(30)5-7-23/h3-7,9,14,19,24,36H,2,8,10-13,15-17H2,1H3/t19-,24-,26?,27?,28-/m0/s1. The number of hydrogen-bond acceptors (Lipinski definition) is 6. The average molecular weight is 635 g/mol. The van der Waals surface area contributed by atoms with Crippen molar-refractivity contribution in [2.75, 3.05) is 11.5 Å². The predicted octanol–water partition coefficient (Wildman–Crippen LogP) is 5.11. The summed E-state index contributed by atoms with van der Waals surface area (Å²) in [5.41, 5.74) is -5.49. The summed E-state index contributed by atoms with van der Waals surface area (Å²) in [6.07, 6.45) is -5.16. The highest BCUT2D eigenvalue weighted by molar-refractivity contribution is 7.92. The van der Waals surface area contributed by atoms with E-state index in [4.69, 9.17) is 0 Å². The van der Waals surface area contributed by atoms with Gasteiger partial charge in [-0.05, 0) is 91.8 Å². The number of aryl methyl sites for hydroxylation is 1. The molecule has 5 rings (SSSR count). The zero-order valence-electron chi connectivity index (χ0n) is 22.8. The van der Waals surface area contributed by atoms with Crippen molar-refractivity contribution in [1.82, 2.24) is 0 Å². The lowest BCUT2D eigenvalue weighted by atomic mass is 9.71. The van der Waals surface area contributed by atoms with Crippen LogP contribution >= 0.6 is 0 Å². The van der Waals surface area contributed by atoms with Gasteiger partial charge in [0.25, 0.3) is 0 Å². The molecule has 3 aliphatic rings. The Morgan fingerprint density at radius 1 is 1.05 bits per heavy atom. The molecule has 5 atom stereocenters. The second-order valence-corrected chi connectivity index (χ2v) is 16.5. The maximum atomic E-state index is 14.9. The first kappa shape index (κ1) is 31.1. The van der Waals surface area contributed by atoms with Gasteiger partial charge in [0.05, 0.1) is 22.0 Å². The Morgan fingerprint density at radius 3 is 2.31 bits per heavy atom. The molecule has 1 N–H and O–H groups in total. The van der Waals surface area contributed by atoms with Crippen molar-refractivity contribution in [3.05, 3.63) is 65.0 Å². The summed E-state index contributed by atoms with van der Waals surface area (Å²) < 4.78 is 120. The monoisotopic (exact) mass is 634 g/mol. The van der Waals surface area contributed by atoms with Gasteiger partial charge in [0.15, 0.2) is 19.7 Å². The molecule has 1 saturated heterocycles. The number of aliphatic hydroxyl groups is 1. The topological polar surface area (TPSA) is 106 Å². The highest BCUT2D eigenvalue weighted by Crippen LogP contribution is 2.60. The summed E-state index contributed by atoms with van der Waals surface area (Å²) in [6.45, 7) is 0.409. The number of Topliss-reactive ketones (excluding diaryl/α,β-unsaturated/α-hetero) is 1. The molecule has 42 heavy (non-hydrogen) atoms. The third-order valence-corrected chi connectivity index (χ3v) is 13.8. The molecule has 2 fully saturated rings. The van der Waals surface area contributed by atoms with E-state index in [-0.39, 0.29) is 66.7 Å². The SMILES string of the molecule is CC(F)(c1ccc2c(c1)CC[C@H]1[C@H](CC(=O)CC3(O)CCS(=O)(=O)C3)CC[C@@]21S(=O)(=O)c1ccc(F)cc1)C(F)(F)F. The van der Waals surface area contributed by atoms with Gasteiger partial charge in [0.2, 0.25) is 5.67 Å². The quantitative estimate of drug-likeness (QED) is 0.335. The van der Waals surface area contributed by atoms with Gasteiger partial charge in [-0.25, -0.2) is 25.6 Å². The molecule has 1 aliphatic heterocycles. The first-order chi connectivity index (χ1) is 19.3. The normalized spacial score (nSPS) is 30.4. The van der Waals surface area contributed by atoms with Crippen LogP contribution in [0.5, 0.6) is 0 Å². The molecule has 230 valence electrons. The van der Waals surface area contributed by atoms with Crippen molar-refractivity contribution >= 4 is 25.5 Å². The number of benzene rings is 2. The largest absolute Gasteiger partial charge is 0.426 e. The number of carbonyl (C=O) groups excluding carboxylic acids is 1. The van der Waals surface area contributed by atoms with Gasteiger partial charge < -0.3 is 5.11 Å². The summed E-state index contributed by atoms with van der Waals surface area (Å²) in [6, 6.07) is 7.48. The molecule has 0 spiro atoms. The molecule has 2 aliphatic carbocycles. The minimum Gasteiger partial charge on any atom is -0.388 e. The molecule has 1 heterocycles. The van der Waals surface area contributed by atoms with Gasteiger partial charge in [-0.2, -0.15) is 13.2 Å². The zero-order valence-corrected chi connectivity index (χ0v) is 24.4. The van der Waals surface area contributed by atoms with Crippen LogP contribution < -0.4 is 0 Å². The van der Waals surface area contributed by atoms with Crippen LogP contribution in [0.15, 0.2) is 47.4 Å². The van der Waals surface area contributed by atoms with Crippen LogP contribution in [-0.4, -0.2) is 51.0 Å². The number of carbonyl (C=O) groups is 1. The van der Waals surface area contributed by atoms with E-state index in [9.17, 15) is 48.7 Å². The number of rotatable bonds is 7. The number of alkyl halides is 4. The molecule has 0 aromatic heterocycles. The van der Waals surface area contributed by atoms with E-state index in [2.05, 4.69) is 0 Å². The van der Waals surface area contributed by atoms with Crippen molar-refractivity contribution in [3.63, 3.8) is 0 Å². The van der Waals surface area contributed by atoms with E-state index >= 15 is 0 Å². The fourth-order valence-electron chi connectivity index (χ4n) is 7.27. The smallest absolute Gasteiger partial charge is 0.388 e.